The lowest BCUT2D eigenvalue weighted by atomic mass is 9.81. The molecule has 2 saturated heterocycles. The minimum Gasteiger partial charge on any atom is -0.293 e. The van der Waals surface area contributed by atoms with E-state index in [4.69, 9.17) is 9.68 Å². The van der Waals surface area contributed by atoms with Gasteiger partial charge >= 0.3 is 6.16 Å². The lowest BCUT2D eigenvalue weighted by Gasteiger charge is -2.19. The maximum atomic E-state index is 12.3. The van der Waals surface area contributed by atoms with Crippen molar-refractivity contribution in [2.75, 3.05) is 0 Å². The van der Waals surface area contributed by atoms with Crippen molar-refractivity contribution in [2.24, 2.45) is 23.7 Å². The summed E-state index contributed by atoms with van der Waals surface area (Å²) in [5.74, 6) is -4.14. The van der Waals surface area contributed by atoms with Gasteiger partial charge in [-0.05, 0) is 25.7 Å². The number of imide groups is 2. The second-order valence-corrected chi connectivity index (χ2v) is 7.37. The van der Waals surface area contributed by atoms with E-state index in [-0.39, 0.29) is 0 Å². The van der Waals surface area contributed by atoms with Crippen LogP contribution in [0.5, 0.6) is 0 Å². The van der Waals surface area contributed by atoms with E-state index in [1.807, 2.05) is 0 Å². The van der Waals surface area contributed by atoms with E-state index in [0.29, 0.717) is 35.8 Å². The smallest absolute Gasteiger partial charge is 0.293 e. The molecule has 9 heteroatoms. The Morgan fingerprint density at radius 3 is 1.15 bits per heavy atom. The van der Waals surface area contributed by atoms with Crippen LogP contribution in [-0.4, -0.2) is 39.9 Å². The number of hydrogen-bond acceptors (Lipinski definition) is 7. The minimum absolute atomic E-state index is 0.432. The van der Waals surface area contributed by atoms with E-state index in [1.165, 1.54) is 0 Å². The Morgan fingerprint density at radius 1 is 0.615 bits per heavy atom. The quantitative estimate of drug-likeness (QED) is 0.680. The molecule has 0 spiro atoms. The number of nitrogens with zero attached hydrogens (tertiary/aromatic N) is 2. The molecule has 4 fully saturated rings. The van der Waals surface area contributed by atoms with Gasteiger partial charge in [-0.3, -0.25) is 28.9 Å². The molecule has 0 bridgehead atoms. The number of amides is 4. The zero-order valence-electron chi connectivity index (χ0n) is 14.2. The Balaban J connectivity index is 1.41. The molecule has 0 N–H and O–H groups in total. The topological polar surface area (TPSA) is 110 Å². The van der Waals surface area contributed by atoms with Gasteiger partial charge in [0.2, 0.25) is 0 Å². The first kappa shape index (κ1) is 17.0. The lowest BCUT2D eigenvalue weighted by molar-refractivity contribution is -0.200. The predicted octanol–water partition coefficient (Wildman–Crippen LogP) is 1.32. The molecule has 4 amide bonds. The molecule has 2 saturated carbocycles. The average molecular weight is 364 g/mol. The highest BCUT2D eigenvalue weighted by atomic mass is 16.9. The Morgan fingerprint density at radius 2 is 0.885 bits per heavy atom. The van der Waals surface area contributed by atoms with Crippen LogP contribution in [0, 0.1) is 23.7 Å². The van der Waals surface area contributed by atoms with Crippen molar-refractivity contribution in [3.8, 4) is 0 Å². The summed E-state index contributed by atoms with van der Waals surface area (Å²) >= 11 is 0. The summed E-state index contributed by atoms with van der Waals surface area (Å²) in [5.41, 5.74) is 0. The van der Waals surface area contributed by atoms with E-state index < -0.39 is 53.5 Å². The number of hydroxylamine groups is 4. The van der Waals surface area contributed by atoms with Crippen molar-refractivity contribution < 1.29 is 33.6 Å². The zero-order chi connectivity index (χ0) is 18.4. The molecule has 2 aliphatic carbocycles. The Hall–Kier alpha value is -2.45. The first-order chi connectivity index (χ1) is 12.5. The molecule has 2 heterocycles. The van der Waals surface area contributed by atoms with Gasteiger partial charge in [-0.1, -0.05) is 35.8 Å². The summed E-state index contributed by atoms with van der Waals surface area (Å²) in [4.78, 5) is 70.7. The standard InChI is InChI=1S/C17H20N2O7/c20-13-9-5-1-2-6-10(9)14(21)18(13)25-17(24)26-19-15(22)11-7-3-4-8-12(11)16(19)23/h9-12H,1-8H2. The molecule has 4 rings (SSSR count). The minimum atomic E-state index is -1.43. The first-order valence-electron chi connectivity index (χ1n) is 9.14. The monoisotopic (exact) mass is 364 g/mol. The molecule has 0 radical (unpaired) electrons. The predicted molar refractivity (Wildman–Crippen MR) is 82.2 cm³/mol. The third-order valence-electron chi connectivity index (χ3n) is 5.93. The highest BCUT2D eigenvalue weighted by Gasteiger charge is 2.53. The van der Waals surface area contributed by atoms with Crippen LogP contribution in [0.3, 0.4) is 0 Å². The Labute approximate surface area is 149 Å². The number of hydrogen-bond donors (Lipinski definition) is 0. The van der Waals surface area contributed by atoms with Gasteiger partial charge in [-0.15, -0.1) is 0 Å². The van der Waals surface area contributed by atoms with Crippen molar-refractivity contribution in [3.05, 3.63) is 0 Å². The number of fused-ring (bicyclic) bond motifs is 2. The molecule has 4 unspecified atom stereocenters. The molecule has 2 aliphatic heterocycles. The van der Waals surface area contributed by atoms with E-state index in [0.717, 1.165) is 25.7 Å². The second kappa shape index (κ2) is 6.37. The lowest BCUT2D eigenvalue weighted by Crippen LogP contribution is -2.39. The Kier molecular flexibility index (Phi) is 4.16. The van der Waals surface area contributed by atoms with Gasteiger partial charge in [0.15, 0.2) is 0 Å². The zero-order valence-corrected chi connectivity index (χ0v) is 14.2. The molecule has 0 aromatic heterocycles. The fourth-order valence-electron chi connectivity index (χ4n) is 4.61. The molecular formula is C17H20N2O7. The molecule has 0 aromatic carbocycles. The van der Waals surface area contributed by atoms with Crippen LogP contribution in [0.4, 0.5) is 4.79 Å². The van der Waals surface area contributed by atoms with Gasteiger partial charge in [-0.2, -0.15) is 4.79 Å². The van der Waals surface area contributed by atoms with Gasteiger partial charge in [0.1, 0.15) is 0 Å². The highest BCUT2D eigenvalue weighted by molar-refractivity contribution is 6.06. The third kappa shape index (κ3) is 2.57. The fourth-order valence-corrected chi connectivity index (χ4v) is 4.61. The maximum Gasteiger partial charge on any atom is 0.560 e. The second-order valence-electron chi connectivity index (χ2n) is 7.37. The van der Waals surface area contributed by atoms with Gasteiger partial charge in [0, 0.05) is 0 Å². The van der Waals surface area contributed by atoms with Crippen molar-refractivity contribution >= 4 is 29.8 Å². The molecule has 9 nitrogen and oxygen atoms in total. The van der Waals surface area contributed by atoms with E-state index >= 15 is 0 Å². The van der Waals surface area contributed by atoms with Gasteiger partial charge in [-0.25, -0.2) is 0 Å². The van der Waals surface area contributed by atoms with Crippen molar-refractivity contribution in [3.63, 3.8) is 0 Å². The fraction of sp³-hybridized carbons (Fsp3) is 0.706. The Bertz CT molecular complexity index is 587. The number of carbonyl (C=O) groups excluding carboxylic acids is 5. The van der Waals surface area contributed by atoms with Crippen LogP contribution in [0.15, 0.2) is 0 Å². The highest BCUT2D eigenvalue weighted by Crippen LogP contribution is 2.39. The van der Waals surface area contributed by atoms with Gasteiger partial charge < -0.3 is 0 Å². The molecule has 0 aromatic rings. The summed E-state index contributed by atoms with van der Waals surface area (Å²) in [6.45, 7) is 0. The van der Waals surface area contributed by atoms with Crippen LogP contribution in [0.1, 0.15) is 51.4 Å². The van der Waals surface area contributed by atoms with Crippen molar-refractivity contribution in [1.82, 2.24) is 10.1 Å². The number of rotatable bonds is 2. The van der Waals surface area contributed by atoms with Gasteiger partial charge in [0.05, 0.1) is 23.7 Å². The van der Waals surface area contributed by atoms with E-state index in [2.05, 4.69) is 0 Å². The van der Waals surface area contributed by atoms with E-state index in [9.17, 15) is 24.0 Å². The van der Waals surface area contributed by atoms with Crippen molar-refractivity contribution in [1.29, 1.82) is 0 Å². The summed E-state index contributed by atoms with van der Waals surface area (Å²) in [6.07, 6.45) is 4.28. The van der Waals surface area contributed by atoms with Crippen molar-refractivity contribution in [2.45, 2.75) is 51.4 Å². The summed E-state index contributed by atoms with van der Waals surface area (Å²) in [6, 6.07) is 0. The SMILES string of the molecule is O=C(ON1C(=O)C2CCCCC2C1=O)ON1C(=O)C2CCCCC2C1=O. The molecule has 4 aliphatic rings. The summed E-state index contributed by atoms with van der Waals surface area (Å²) in [7, 11) is 0. The average Bonchev–Trinajstić information content (AvgIpc) is 3.03. The van der Waals surface area contributed by atoms with Crippen LogP contribution < -0.4 is 0 Å². The maximum absolute atomic E-state index is 12.3. The van der Waals surface area contributed by atoms with Crippen LogP contribution in [-0.2, 0) is 28.9 Å². The number of carbonyl (C=O) groups is 5. The van der Waals surface area contributed by atoms with Gasteiger partial charge in [0.25, 0.3) is 23.6 Å². The van der Waals surface area contributed by atoms with Crippen LogP contribution in [0.25, 0.3) is 0 Å². The molecule has 4 atom stereocenters. The molecular weight excluding hydrogens is 344 g/mol. The first-order valence-corrected chi connectivity index (χ1v) is 9.14. The van der Waals surface area contributed by atoms with Crippen LogP contribution in [0.2, 0.25) is 0 Å². The molecule has 140 valence electrons. The summed E-state index contributed by atoms with van der Waals surface area (Å²) < 4.78 is 0. The van der Waals surface area contributed by atoms with E-state index in [1.54, 1.807) is 0 Å². The third-order valence-corrected chi connectivity index (χ3v) is 5.93. The largest absolute Gasteiger partial charge is 0.560 e. The summed E-state index contributed by atoms with van der Waals surface area (Å²) in [5, 5.41) is 0.863. The van der Waals surface area contributed by atoms with Crippen LogP contribution >= 0.6 is 0 Å². The molecule has 26 heavy (non-hydrogen) atoms. The normalized spacial score (nSPS) is 34.0.